The van der Waals surface area contributed by atoms with Crippen LogP contribution in [-0.4, -0.2) is 85.5 Å². The summed E-state index contributed by atoms with van der Waals surface area (Å²) < 4.78 is 16.5. The van der Waals surface area contributed by atoms with Crippen LogP contribution in [0.2, 0.25) is 10.0 Å². The van der Waals surface area contributed by atoms with Gasteiger partial charge in [0.2, 0.25) is 5.95 Å². The lowest BCUT2D eigenvalue weighted by atomic mass is 10.1. The first-order valence-electron chi connectivity index (χ1n) is 12.8. The van der Waals surface area contributed by atoms with E-state index >= 15 is 0 Å². The summed E-state index contributed by atoms with van der Waals surface area (Å²) in [5.74, 6) is 2.03. The van der Waals surface area contributed by atoms with E-state index < -0.39 is 0 Å². The first-order chi connectivity index (χ1) is 18.5. The largest absolute Gasteiger partial charge is 0.495 e. The van der Waals surface area contributed by atoms with E-state index in [4.69, 9.17) is 53.1 Å². The van der Waals surface area contributed by atoms with Gasteiger partial charge >= 0.3 is 0 Å². The molecule has 0 radical (unpaired) electrons. The van der Waals surface area contributed by atoms with Crippen LogP contribution in [0.3, 0.4) is 0 Å². The molecular formula is C26H33Cl2N7O3. The van der Waals surface area contributed by atoms with Crippen LogP contribution in [0.5, 0.6) is 11.5 Å². The lowest BCUT2D eigenvalue weighted by Crippen LogP contribution is -2.31. The minimum absolute atomic E-state index is 0.172. The van der Waals surface area contributed by atoms with Crippen molar-refractivity contribution in [1.29, 1.82) is 0 Å². The zero-order chi connectivity index (χ0) is 26.6. The molecule has 3 aromatic rings. The summed E-state index contributed by atoms with van der Waals surface area (Å²) in [5.41, 5.74) is 7.85. The molecule has 4 heterocycles. The van der Waals surface area contributed by atoms with Gasteiger partial charge in [0.25, 0.3) is 0 Å². The zero-order valence-electron chi connectivity index (χ0n) is 21.6. The molecule has 2 saturated heterocycles. The van der Waals surface area contributed by atoms with Crippen LogP contribution in [0.4, 0.5) is 11.8 Å². The normalized spacial score (nSPS) is 20.0. The van der Waals surface area contributed by atoms with E-state index in [2.05, 4.69) is 20.5 Å². The Morgan fingerprint density at radius 1 is 1.13 bits per heavy atom. The van der Waals surface area contributed by atoms with Crippen molar-refractivity contribution in [2.75, 3.05) is 64.2 Å². The van der Waals surface area contributed by atoms with Crippen molar-refractivity contribution >= 4 is 45.9 Å². The van der Waals surface area contributed by atoms with Gasteiger partial charge in [-0.1, -0.05) is 23.2 Å². The van der Waals surface area contributed by atoms with E-state index in [1.165, 1.54) is 0 Å². The molecule has 2 unspecified atom stereocenters. The highest BCUT2D eigenvalue weighted by Gasteiger charge is 2.23. The molecule has 5 rings (SSSR count). The van der Waals surface area contributed by atoms with Crippen LogP contribution in [-0.2, 0) is 4.74 Å². The maximum Gasteiger partial charge on any atom is 0.223 e. The number of methoxy groups -OCH3 is 2. The second kappa shape index (κ2) is 12.0. The average molecular weight is 563 g/mol. The summed E-state index contributed by atoms with van der Waals surface area (Å²) in [6.45, 7) is 4.82. The maximum atomic E-state index is 6.72. The van der Waals surface area contributed by atoms with Crippen LogP contribution in [0.25, 0.3) is 22.2 Å². The Morgan fingerprint density at radius 2 is 1.92 bits per heavy atom. The number of pyridine rings is 1. The van der Waals surface area contributed by atoms with Crippen molar-refractivity contribution in [2.24, 2.45) is 5.73 Å². The molecule has 204 valence electrons. The third-order valence-electron chi connectivity index (χ3n) is 6.92. The summed E-state index contributed by atoms with van der Waals surface area (Å²) in [7, 11) is 3.09. The van der Waals surface area contributed by atoms with E-state index in [1.807, 2.05) is 6.07 Å². The van der Waals surface area contributed by atoms with E-state index in [0.29, 0.717) is 63.2 Å². The number of likely N-dealkylation sites (tertiary alicyclic amines) is 1. The topological polar surface area (TPSA) is 120 Å². The molecular weight excluding hydrogens is 529 g/mol. The highest BCUT2D eigenvalue weighted by molar-refractivity contribution is 6.41. The Morgan fingerprint density at radius 3 is 2.58 bits per heavy atom. The summed E-state index contributed by atoms with van der Waals surface area (Å²) in [6, 6.07) is 3.94. The number of fused-ring (bicyclic) bond motifs is 1. The number of halogens is 2. The van der Waals surface area contributed by atoms with Crippen molar-refractivity contribution in [1.82, 2.24) is 19.9 Å². The second-order valence-electron chi connectivity index (χ2n) is 9.61. The number of ether oxygens (including phenoxy) is 3. The zero-order valence-corrected chi connectivity index (χ0v) is 23.1. The Labute approximate surface area is 232 Å². The van der Waals surface area contributed by atoms with E-state index in [1.54, 1.807) is 26.5 Å². The molecule has 0 aliphatic carbocycles. The minimum atomic E-state index is 0.172. The Hall–Kier alpha value is -2.63. The van der Waals surface area contributed by atoms with Gasteiger partial charge in [-0.2, -0.15) is 0 Å². The molecule has 2 atom stereocenters. The van der Waals surface area contributed by atoms with Gasteiger partial charge in [0.1, 0.15) is 17.0 Å². The number of anilines is 2. The van der Waals surface area contributed by atoms with Gasteiger partial charge in [-0.25, -0.2) is 15.0 Å². The molecule has 2 fully saturated rings. The summed E-state index contributed by atoms with van der Waals surface area (Å²) in [6.07, 6.45) is 4.81. The lowest BCUT2D eigenvalue weighted by Gasteiger charge is -2.23. The van der Waals surface area contributed by atoms with Crippen LogP contribution < -0.4 is 25.8 Å². The number of nitrogens with zero attached hydrogens (tertiary/aromatic N) is 4. The maximum absolute atomic E-state index is 6.72. The van der Waals surface area contributed by atoms with Crippen molar-refractivity contribution in [3.05, 3.63) is 28.4 Å². The Balaban J connectivity index is 1.52. The highest BCUT2D eigenvalue weighted by atomic mass is 35.5. The van der Waals surface area contributed by atoms with Crippen LogP contribution in [0.1, 0.15) is 19.3 Å². The molecule has 12 heteroatoms. The van der Waals surface area contributed by atoms with Crippen molar-refractivity contribution in [2.45, 2.75) is 31.3 Å². The number of aromatic nitrogens is 3. The summed E-state index contributed by atoms with van der Waals surface area (Å²) >= 11 is 13.4. The molecule has 4 N–H and O–H groups in total. The first kappa shape index (κ1) is 27.0. The monoisotopic (exact) mass is 561 g/mol. The van der Waals surface area contributed by atoms with Gasteiger partial charge in [-0.15, -0.1) is 0 Å². The lowest BCUT2D eigenvalue weighted by molar-refractivity contribution is 0.0874. The molecule has 1 aromatic carbocycles. The molecule has 0 bridgehead atoms. The van der Waals surface area contributed by atoms with Crippen molar-refractivity contribution in [3.8, 4) is 22.8 Å². The second-order valence-corrected chi connectivity index (χ2v) is 10.4. The molecule has 2 aliphatic rings. The van der Waals surface area contributed by atoms with Gasteiger partial charge in [-0.3, -0.25) is 4.90 Å². The fourth-order valence-corrected chi connectivity index (χ4v) is 5.60. The fraction of sp³-hybridized carbons (Fsp3) is 0.500. The van der Waals surface area contributed by atoms with Gasteiger partial charge in [0, 0.05) is 55.5 Å². The van der Waals surface area contributed by atoms with E-state index in [0.717, 1.165) is 50.9 Å². The Bertz CT molecular complexity index is 1260. The van der Waals surface area contributed by atoms with Crippen molar-refractivity contribution in [3.63, 3.8) is 0 Å². The third kappa shape index (κ3) is 5.84. The van der Waals surface area contributed by atoms with Crippen LogP contribution in [0.15, 0.2) is 18.3 Å². The molecule has 0 spiro atoms. The summed E-state index contributed by atoms with van der Waals surface area (Å²) in [4.78, 5) is 16.7. The van der Waals surface area contributed by atoms with Gasteiger partial charge in [0.15, 0.2) is 5.82 Å². The Kier molecular flexibility index (Phi) is 8.54. The van der Waals surface area contributed by atoms with E-state index in [-0.39, 0.29) is 12.1 Å². The van der Waals surface area contributed by atoms with E-state index in [9.17, 15) is 0 Å². The van der Waals surface area contributed by atoms with Gasteiger partial charge < -0.3 is 30.6 Å². The molecule has 2 aromatic heterocycles. The molecule has 38 heavy (non-hydrogen) atoms. The summed E-state index contributed by atoms with van der Waals surface area (Å²) in [5, 5.41) is 8.37. The minimum Gasteiger partial charge on any atom is -0.495 e. The van der Waals surface area contributed by atoms with Gasteiger partial charge in [-0.05, 0) is 31.9 Å². The highest BCUT2D eigenvalue weighted by Crippen LogP contribution is 2.46. The molecule has 0 saturated carbocycles. The van der Waals surface area contributed by atoms with Gasteiger partial charge in [0.05, 0.1) is 42.6 Å². The number of benzene rings is 1. The third-order valence-corrected chi connectivity index (χ3v) is 7.67. The van der Waals surface area contributed by atoms with Crippen LogP contribution >= 0.6 is 23.2 Å². The number of nitrogens with one attached hydrogen (secondary N) is 2. The number of rotatable bonds is 9. The predicted molar refractivity (Wildman–Crippen MR) is 151 cm³/mol. The fourth-order valence-electron chi connectivity index (χ4n) is 4.91. The standard InChI is InChI=1S/C26H33Cl2N7O3/c1-36-19-11-20(37-2)23(28)21(22(19)27)18-10-15-12-31-26(32-17-4-3-9-38-14-17)34-24(15)25(33-18)30-6-8-35-7-5-16(29)13-35/h10-12,16-17H,3-9,13-14,29H2,1-2H3,(H,30,33)(H,31,32,34). The molecule has 0 amide bonds. The SMILES string of the molecule is COc1cc(OC)c(Cl)c(-c2cc3cnc(NC4CCCOC4)nc3c(NCCN3CCC(N)C3)n2)c1Cl. The first-order valence-corrected chi connectivity index (χ1v) is 13.6. The van der Waals surface area contributed by atoms with Crippen LogP contribution in [0, 0.1) is 0 Å². The number of hydrogen-bond acceptors (Lipinski definition) is 10. The number of hydrogen-bond donors (Lipinski definition) is 3. The molecule has 10 nitrogen and oxygen atoms in total. The smallest absolute Gasteiger partial charge is 0.223 e. The molecule has 2 aliphatic heterocycles. The predicted octanol–water partition coefficient (Wildman–Crippen LogP) is 4.05. The quantitative estimate of drug-likeness (QED) is 0.352. The average Bonchev–Trinajstić information content (AvgIpc) is 3.34. The van der Waals surface area contributed by atoms with Crippen molar-refractivity contribution < 1.29 is 14.2 Å². The number of nitrogens with two attached hydrogens (primary N) is 1.